The van der Waals surface area contributed by atoms with Crippen molar-refractivity contribution in [3.63, 3.8) is 0 Å². The van der Waals surface area contributed by atoms with Gasteiger partial charge in [-0.05, 0) is 19.1 Å². The van der Waals surface area contributed by atoms with Crippen molar-refractivity contribution >= 4 is 17.3 Å². The average molecular weight is 160 g/mol. The Kier molecular flexibility index (Phi) is 2.11. The second-order valence-corrected chi connectivity index (χ2v) is 2.97. The topological polar surface area (TPSA) is 33.3 Å². The monoisotopic (exact) mass is 160 g/mol. The second kappa shape index (κ2) is 2.72. The molecule has 10 heavy (non-hydrogen) atoms. The largest absolute Gasteiger partial charge is 0.362 e. The first kappa shape index (κ1) is 7.75. The van der Waals surface area contributed by atoms with Gasteiger partial charge in [-0.2, -0.15) is 0 Å². The van der Waals surface area contributed by atoms with E-state index in [-0.39, 0.29) is 5.72 Å². The van der Waals surface area contributed by atoms with Gasteiger partial charge in [0.05, 0.1) is 0 Å². The highest BCUT2D eigenvalue weighted by molar-refractivity contribution is 7.80. The average Bonchev–Trinajstić information content (AvgIpc) is 1.88. The molecule has 0 aromatic carbocycles. The van der Waals surface area contributed by atoms with Gasteiger partial charge in [-0.1, -0.05) is 0 Å². The van der Waals surface area contributed by atoms with Crippen molar-refractivity contribution in [2.45, 2.75) is 19.1 Å². The first-order valence-corrected chi connectivity index (χ1v) is 3.68. The van der Waals surface area contributed by atoms with Crippen LogP contribution in [0.15, 0.2) is 0 Å². The van der Waals surface area contributed by atoms with Gasteiger partial charge < -0.3 is 15.4 Å². The predicted molar refractivity (Wildman–Crippen MR) is 43.8 cm³/mol. The van der Waals surface area contributed by atoms with Crippen LogP contribution in [-0.2, 0) is 4.74 Å². The fourth-order valence-electron chi connectivity index (χ4n) is 0.915. The molecule has 1 fully saturated rings. The van der Waals surface area contributed by atoms with Crippen LogP contribution in [-0.4, -0.2) is 24.5 Å². The van der Waals surface area contributed by atoms with Crippen LogP contribution >= 0.6 is 12.2 Å². The fraction of sp³-hybridized carbons (Fsp3) is 0.833. The van der Waals surface area contributed by atoms with Gasteiger partial charge in [0.15, 0.2) is 5.11 Å². The summed E-state index contributed by atoms with van der Waals surface area (Å²) in [4.78, 5) is 0. The van der Waals surface area contributed by atoms with Crippen molar-refractivity contribution in [3.05, 3.63) is 0 Å². The molecule has 1 saturated heterocycles. The number of hydrogen-bond acceptors (Lipinski definition) is 2. The van der Waals surface area contributed by atoms with Gasteiger partial charge in [-0.3, -0.25) is 0 Å². The van der Waals surface area contributed by atoms with E-state index in [0.29, 0.717) is 5.11 Å². The summed E-state index contributed by atoms with van der Waals surface area (Å²) in [5.41, 5.74) is -0.262. The number of ether oxygens (including phenoxy) is 1. The zero-order valence-electron chi connectivity index (χ0n) is 6.23. The number of nitrogens with one attached hydrogen (secondary N) is 2. The third kappa shape index (κ3) is 1.58. The van der Waals surface area contributed by atoms with E-state index in [1.54, 1.807) is 7.11 Å². The summed E-state index contributed by atoms with van der Waals surface area (Å²) in [6, 6.07) is 0. The fourth-order valence-corrected chi connectivity index (χ4v) is 1.23. The van der Waals surface area contributed by atoms with E-state index in [0.717, 1.165) is 13.0 Å². The lowest BCUT2D eigenvalue weighted by molar-refractivity contribution is -0.0187. The predicted octanol–water partition coefficient (Wildman–Crippen LogP) is 0.217. The minimum atomic E-state index is -0.262. The highest BCUT2D eigenvalue weighted by Crippen LogP contribution is 2.11. The van der Waals surface area contributed by atoms with Crippen molar-refractivity contribution in [1.82, 2.24) is 10.6 Å². The SMILES string of the molecule is COC1(C)CCNC(=S)N1. The maximum Gasteiger partial charge on any atom is 0.168 e. The van der Waals surface area contributed by atoms with E-state index in [4.69, 9.17) is 17.0 Å². The van der Waals surface area contributed by atoms with Crippen LogP contribution in [0.3, 0.4) is 0 Å². The molecule has 3 nitrogen and oxygen atoms in total. The molecule has 2 N–H and O–H groups in total. The highest BCUT2D eigenvalue weighted by atomic mass is 32.1. The molecule has 1 aliphatic heterocycles. The lowest BCUT2D eigenvalue weighted by Crippen LogP contribution is -2.57. The van der Waals surface area contributed by atoms with E-state index < -0.39 is 0 Å². The summed E-state index contributed by atoms with van der Waals surface area (Å²) in [6.45, 7) is 2.87. The van der Waals surface area contributed by atoms with Gasteiger partial charge in [0.2, 0.25) is 0 Å². The minimum absolute atomic E-state index is 0.262. The number of rotatable bonds is 1. The van der Waals surface area contributed by atoms with E-state index in [9.17, 15) is 0 Å². The van der Waals surface area contributed by atoms with Crippen LogP contribution < -0.4 is 10.6 Å². The van der Waals surface area contributed by atoms with Crippen molar-refractivity contribution in [2.24, 2.45) is 0 Å². The third-order valence-electron chi connectivity index (χ3n) is 1.72. The van der Waals surface area contributed by atoms with Gasteiger partial charge in [-0.25, -0.2) is 0 Å². The van der Waals surface area contributed by atoms with Crippen LogP contribution in [0.2, 0.25) is 0 Å². The molecule has 0 aliphatic carbocycles. The Hall–Kier alpha value is -0.350. The Morgan fingerprint density at radius 1 is 1.70 bits per heavy atom. The summed E-state index contributed by atoms with van der Waals surface area (Å²) in [5.74, 6) is 0. The van der Waals surface area contributed by atoms with Crippen LogP contribution in [0.4, 0.5) is 0 Å². The van der Waals surface area contributed by atoms with Crippen LogP contribution in [0.25, 0.3) is 0 Å². The smallest absolute Gasteiger partial charge is 0.168 e. The number of thiocarbonyl (C=S) groups is 1. The molecular weight excluding hydrogens is 148 g/mol. The van der Waals surface area contributed by atoms with Crippen LogP contribution in [0.1, 0.15) is 13.3 Å². The van der Waals surface area contributed by atoms with Gasteiger partial charge in [0.25, 0.3) is 0 Å². The molecular formula is C6H12N2OS. The summed E-state index contributed by atoms with van der Waals surface area (Å²) in [6.07, 6.45) is 0.934. The normalized spacial score (nSPS) is 32.8. The Balaban J connectivity index is 2.53. The summed E-state index contributed by atoms with van der Waals surface area (Å²) in [7, 11) is 1.68. The van der Waals surface area contributed by atoms with Gasteiger partial charge in [0.1, 0.15) is 5.72 Å². The number of hydrogen-bond donors (Lipinski definition) is 2. The Morgan fingerprint density at radius 2 is 2.40 bits per heavy atom. The van der Waals surface area contributed by atoms with Gasteiger partial charge >= 0.3 is 0 Å². The molecule has 1 heterocycles. The Morgan fingerprint density at radius 3 is 2.80 bits per heavy atom. The summed E-state index contributed by atoms with van der Waals surface area (Å²) < 4.78 is 5.21. The zero-order chi connectivity index (χ0) is 7.61. The molecule has 0 bridgehead atoms. The van der Waals surface area contributed by atoms with E-state index in [2.05, 4.69) is 10.6 Å². The van der Waals surface area contributed by atoms with Crippen molar-refractivity contribution in [3.8, 4) is 0 Å². The molecule has 1 rings (SSSR count). The van der Waals surface area contributed by atoms with Crippen LogP contribution in [0.5, 0.6) is 0 Å². The molecule has 0 aromatic heterocycles. The Bertz CT molecular complexity index is 151. The lowest BCUT2D eigenvalue weighted by Gasteiger charge is -2.35. The molecule has 0 amide bonds. The zero-order valence-corrected chi connectivity index (χ0v) is 7.05. The van der Waals surface area contributed by atoms with Crippen molar-refractivity contribution in [2.75, 3.05) is 13.7 Å². The first-order chi connectivity index (χ1) is 4.66. The first-order valence-electron chi connectivity index (χ1n) is 3.27. The van der Waals surface area contributed by atoms with Crippen molar-refractivity contribution < 1.29 is 4.74 Å². The van der Waals surface area contributed by atoms with E-state index in [1.165, 1.54) is 0 Å². The highest BCUT2D eigenvalue weighted by Gasteiger charge is 2.27. The molecule has 58 valence electrons. The molecule has 1 unspecified atom stereocenters. The number of methoxy groups -OCH3 is 1. The summed E-state index contributed by atoms with van der Waals surface area (Å²) in [5, 5.41) is 6.73. The van der Waals surface area contributed by atoms with E-state index in [1.807, 2.05) is 6.92 Å². The van der Waals surface area contributed by atoms with E-state index >= 15 is 0 Å². The standard InChI is InChI=1S/C6H12N2OS/c1-6(9-2)3-4-7-5(10)8-6/h3-4H2,1-2H3,(H2,7,8,10). The maximum absolute atomic E-state index is 5.21. The summed E-state index contributed by atoms with van der Waals surface area (Å²) >= 11 is 4.92. The lowest BCUT2D eigenvalue weighted by atomic mass is 10.1. The second-order valence-electron chi connectivity index (χ2n) is 2.57. The van der Waals surface area contributed by atoms with Crippen LogP contribution in [0, 0.1) is 0 Å². The third-order valence-corrected chi connectivity index (χ3v) is 1.96. The molecule has 1 aliphatic rings. The molecule has 1 atom stereocenters. The molecule has 0 saturated carbocycles. The molecule has 4 heteroatoms. The molecule has 0 radical (unpaired) electrons. The van der Waals surface area contributed by atoms with Crippen molar-refractivity contribution in [1.29, 1.82) is 0 Å². The van der Waals surface area contributed by atoms with Gasteiger partial charge in [-0.15, -0.1) is 0 Å². The Labute approximate surface area is 66.1 Å². The quantitative estimate of drug-likeness (QED) is 0.537. The molecule has 0 aromatic rings. The maximum atomic E-state index is 5.21. The molecule has 0 spiro atoms. The minimum Gasteiger partial charge on any atom is -0.362 e. The van der Waals surface area contributed by atoms with Gasteiger partial charge in [0, 0.05) is 20.1 Å².